The highest BCUT2D eigenvalue weighted by Crippen LogP contribution is 2.23. The summed E-state index contributed by atoms with van der Waals surface area (Å²) in [5, 5.41) is 3.33. The third-order valence-electron chi connectivity index (χ3n) is 5.24. The molecule has 1 aromatic rings. The van der Waals surface area contributed by atoms with E-state index >= 15 is 0 Å². The smallest absolute Gasteiger partial charge is 0.182 e. The Hall–Kier alpha value is -2.98. The summed E-state index contributed by atoms with van der Waals surface area (Å²) in [7, 11) is 0. The zero-order valence-corrected chi connectivity index (χ0v) is 23.6. The number of benzene rings is 1. The molecule has 0 bridgehead atoms. The molecule has 6 nitrogen and oxygen atoms in total. The van der Waals surface area contributed by atoms with E-state index in [0.29, 0.717) is 6.10 Å². The molecule has 0 aromatic heterocycles. The Kier molecular flexibility index (Phi) is 32.3. The zero-order chi connectivity index (χ0) is 28.7. The van der Waals surface area contributed by atoms with Crippen molar-refractivity contribution >= 4 is 5.69 Å². The molecule has 5 N–H and O–H groups in total. The van der Waals surface area contributed by atoms with Crippen LogP contribution in [0.25, 0.3) is 0 Å². The van der Waals surface area contributed by atoms with E-state index in [1.807, 2.05) is 31.3 Å². The minimum atomic E-state index is 0.432. The Morgan fingerprint density at radius 2 is 1.57 bits per heavy atom. The Morgan fingerprint density at radius 1 is 1.05 bits per heavy atom. The standard InChI is InChI=1S/C12H22N2O.C11H16N2.C2H7N.2C2H4.C2H2/c1-11(14-9-7-13-8-10-14)15-12-5-3-2-4-6-12;1-2-13(10-6-9-12)11-7-4-3-5-8-11;1-2-3;3*1-2/h12-13H,1-10H2;2-5,7-8H,1,6,9-10,12H2;2-3H2,1H3;2*1-2H2;1-2H. The third-order valence-corrected chi connectivity index (χ3v) is 5.24. The summed E-state index contributed by atoms with van der Waals surface area (Å²) in [4.78, 5) is 4.36. The molecule has 1 aliphatic heterocycles. The van der Waals surface area contributed by atoms with Gasteiger partial charge in [0.2, 0.25) is 0 Å². The predicted molar refractivity (Wildman–Crippen MR) is 166 cm³/mol. The van der Waals surface area contributed by atoms with Crippen molar-refractivity contribution in [3.8, 4) is 12.8 Å². The quantitative estimate of drug-likeness (QED) is 0.241. The van der Waals surface area contributed by atoms with Crippen LogP contribution >= 0.6 is 0 Å². The summed E-state index contributed by atoms with van der Waals surface area (Å²) in [5.74, 6) is 0.892. The van der Waals surface area contributed by atoms with Gasteiger partial charge in [0.15, 0.2) is 5.88 Å². The molecule has 0 unspecified atom stereocenters. The van der Waals surface area contributed by atoms with E-state index in [2.05, 4.69) is 79.6 Å². The second-order valence-electron chi connectivity index (χ2n) is 7.77. The van der Waals surface area contributed by atoms with Gasteiger partial charge in [-0.3, -0.25) is 0 Å². The van der Waals surface area contributed by atoms with Gasteiger partial charge in [0.1, 0.15) is 6.10 Å². The molecule has 1 saturated carbocycles. The number of anilines is 1. The zero-order valence-electron chi connectivity index (χ0n) is 23.6. The lowest BCUT2D eigenvalue weighted by Gasteiger charge is -2.33. The van der Waals surface area contributed by atoms with Crippen molar-refractivity contribution in [2.75, 3.05) is 50.7 Å². The van der Waals surface area contributed by atoms with Gasteiger partial charge in [-0.2, -0.15) is 0 Å². The van der Waals surface area contributed by atoms with Gasteiger partial charge in [-0.1, -0.05) is 38.1 Å². The van der Waals surface area contributed by atoms with Crippen LogP contribution in [0.4, 0.5) is 5.69 Å². The fourth-order valence-electron chi connectivity index (χ4n) is 3.57. The number of rotatable bonds is 8. The summed E-state index contributed by atoms with van der Waals surface area (Å²) in [6.07, 6.45) is 17.7. The first-order valence-electron chi connectivity index (χ1n) is 13.1. The van der Waals surface area contributed by atoms with E-state index < -0.39 is 0 Å². The first-order valence-corrected chi connectivity index (χ1v) is 13.1. The van der Waals surface area contributed by atoms with Crippen molar-refractivity contribution in [1.29, 1.82) is 0 Å². The second-order valence-corrected chi connectivity index (χ2v) is 7.77. The Bertz CT molecular complexity index is 636. The van der Waals surface area contributed by atoms with Crippen LogP contribution in [0.2, 0.25) is 0 Å². The maximum atomic E-state index is 5.93. The van der Waals surface area contributed by atoms with Crippen LogP contribution in [0.1, 0.15) is 45.4 Å². The Morgan fingerprint density at radius 3 is 2.03 bits per heavy atom. The minimum absolute atomic E-state index is 0.432. The fraction of sp³-hybridized carbons (Fsp3) is 0.484. The maximum Gasteiger partial charge on any atom is 0.182 e. The lowest BCUT2D eigenvalue weighted by atomic mass is 9.98. The number of piperazine rings is 1. The van der Waals surface area contributed by atoms with Gasteiger partial charge >= 0.3 is 0 Å². The molecular formula is C31H55N5O. The van der Waals surface area contributed by atoms with Crippen molar-refractivity contribution in [2.45, 2.75) is 51.6 Å². The SMILES string of the molecule is C#C.C=C.C=C.C=C(OC1CCCCC1)N1CCNCC1.C=CN(CCCN)c1ccccc1.CCN. The summed E-state index contributed by atoms with van der Waals surface area (Å²) in [5.41, 5.74) is 11.5. The summed E-state index contributed by atoms with van der Waals surface area (Å²) < 4.78 is 5.93. The maximum absolute atomic E-state index is 5.93. The number of nitrogens with zero attached hydrogens (tertiary/aromatic N) is 2. The molecule has 0 amide bonds. The summed E-state index contributed by atoms with van der Waals surface area (Å²) in [6, 6.07) is 10.2. The molecule has 1 heterocycles. The average molecular weight is 514 g/mol. The number of terminal acetylenes is 1. The summed E-state index contributed by atoms with van der Waals surface area (Å²) >= 11 is 0. The fourth-order valence-corrected chi connectivity index (χ4v) is 3.57. The molecule has 3 rings (SSSR count). The molecule has 210 valence electrons. The van der Waals surface area contributed by atoms with Crippen molar-refractivity contribution in [1.82, 2.24) is 10.2 Å². The van der Waals surface area contributed by atoms with Crippen LogP contribution < -0.4 is 21.7 Å². The second kappa shape index (κ2) is 31.1. The molecule has 1 saturated heterocycles. The largest absolute Gasteiger partial charge is 0.476 e. The highest BCUT2D eigenvalue weighted by atomic mass is 16.5. The highest BCUT2D eigenvalue weighted by molar-refractivity contribution is 5.48. The number of ether oxygens (including phenoxy) is 1. The molecular weight excluding hydrogens is 458 g/mol. The lowest BCUT2D eigenvalue weighted by molar-refractivity contribution is 0.0267. The third kappa shape index (κ3) is 20.9. The lowest BCUT2D eigenvalue weighted by Crippen LogP contribution is -2.43. The van der Waals surface area contributed by atoms with Gasteiger partial charge in [-0.05, 0) is 70.1 Å². The van der Waals surface area contributed by atoms with Crippen LogP contribution in [0.5, 0.6) is 0 Å². The van der Waals surface area contributed by atoms with Crippen LogP contribution in [-0.4, -0.2) is 56.8 Å². The van der Waals surface area contributed by atoms with Crippen molar-refractivity contribution in [3.63, 3.8) is 0 Å². The van der Waals surface area contributed by atoms with Crippen molar-refractivity contribution in [3.05, 3.63) is 81.9 Å². The number of hydrogen-bond acceptors (Lipinski definition) is 6. The van der Waals surface area contributed by atoms with Crippen LogP contribution in [0, 0.1) is 12.8 Å². The van der Waals surface area contributed by atoms with Gasteiger partial charge in [0.05, 0.1) is 0 Å². The van der Waals surface area contributed by atoms with Gasteiger partial charge < -0.3 is 31.3 Å². The molecule has 0 atom stereocenters. The predicted octanol–water partition coefficient (Wildman–Crippen LogP) is 5.52. The topological polar surface area (TPSA) is 79.8 Å². The van der Waals surface area contributed by atoms with Crippen molar-refractivity contribution in [2.24, 2.45) is 11.5 Å². The first kappa shape index (κ1) is 38.5. The van der Waals surface area contributed by atoms with E-state index in [-0.39, 0.29) is 0 Å². The van der Waals surface area contributed by atoms with E-state index in [1.165, 1.54) is 37.8 Å². The van der Waals surface area contributed by atoms with Crippen molar-refractivity contribution < 1.29 is 4.74 Å². The number of para-hydroxylation sites is 1. The molecule has 1 aromatic carbocycles. The molecule has 2 fully saturated rings. The highest BCUT2D eigenvalue weighted by Gasteiger charge is 2.18. The Balaban J connectivity index is -0.000000481. The van der Waals surface area contributed by atoms with Crippen LogP contribution in [-0.2, 0) is 4.74 Å². The minimum Gasteiger partial charge on any atom is -0.476 e. The molecule has 6 heteroatoms. The van der Waals surface area contributed by atoms with E-state index in [0.717, 1.165) is 58.1 Å². The number of nitrogens with two attached hydrogens (primary N) is 2. The van der Waals surface area contributed by atoms with E-state index in [1.54, 1.807) is 0 Å². The normalized spacial score (nSPS) is 13.8. The van der Waals surface area contributed by atoms with E-state index in [9.17, 15) is 0 Å². The van der Waals surface area contributed by atoms with Crippen LogP contribution in [0.15, 0.2) is 81.9 Å². The molecule has 1 aliphatic carbocycles. The van der Waals surface area contributed by atoms with E-state index in [4.69, 9.17) is 16.2 Å². The van der Waals surface area contributed by atoms with Gasteiger partial charge in [0, 0.05) is 38.4 Å². The van der Waals surface area contributed by atoms with Crippen LogP contribution in [0.3, 0.4) is 0 Å². The molecule has 37 heavy (non-hydrogen) atoms. The molecule has 0 radical (unpaired) electrons. The Labute approximate surface area is 229 Å². The molecule has 0 spiro atoms. The first-order chi connectivity index (χ1) is 18.2. The molecule has 2 aliphatic rings. The average Bonchev–Trinajstić information content (AvgIpc) is 2.99. The van der Waals surface area contributed by atoms with Gasteiger partial charge in [-0.15, -0.1) is 39.2 Å². The monoisotopic (exact) mass is 513 g/mol. The summed E-state index contributed by atoms with van der Waals surface area (Å²) in [6.45, 7) is 28.3. The van der Waals surface area contributed by atoms with Gasteiger partial charge in [-0.25, -0.2) is 0 Å². The number of hydrogen-bond donors (Lipinski definition) is 3. The van der Waals surface area contributed by atoms with Gasteiger partial charge in [0.25, 0.3) is 0 Å². The number of nitrogens with one attached hydrogen (secondary N) is 1.